The monoisotopic (exact) mass is 484 g/mol. The van der Waals surface area contributed by atoms with Crippen molar-refractivity contribution in [3.05, 3.63) is 82.9 Å². The summed E-state index contributed by atoms with van der Waals surface area (Å²) in [6.45, 7) is 0. The number of benzene rings is 3. The summed E-state index contributed by atoms with van der Waals surface area (Å²) in [7, 11) is -3.13. The second kappa shape index (κ2) is 9.09. The van der Waals surface area contributed by atoms with E-state index in [1.165, 1.54) is 13.2 Å². The maximum Gasteiger partial charge on any atom is 0.418 e. The number of hydrogen-bond donors (Lipinski definition) is 2. The molecule has 0 saturated heterocycles. The lowest BCUT2D eigenvalue weighted by molar-refractivity contribution is -0.136. The lowest BCUT2D eigenvalue weighted by Crippen LogP contribution is -2.18. The fourth-order valence-electron chi connectivity index (χ4n) is 2.78. The Morgan fingerprint density at radius 2 is 1.66 bits per heavy atom. The number of sulfonamides is 1. The minimum absolute atomic E-state index is 0.0244. The van der Waals surface area contributed by atoms with Crippen molar-refractivity contribution in [3.63, 3.8) is 0 Å². The number of methoxy groups -OCH3 is 1. The normalized spacial score (nSPS) is 11.7. The van der Waals surface area contributed by atoms with Crippen LogP contribution in [0.25, 0.3) is 0 Å². The van der Waals surface area contributed by atoms with Crippen LogP contribution in [0.3, 0.4) is 0 Å². The van der Waals surface area contributed by atoms with Gasteiger partial charge in [-0.3, -0.25) is 9.52 Å². The Balaban J connectivity index is 1.96. The van der Waals surface area contributed by atoms with Gasteiger partial charge in [-0.1, -0.05) is 29.8 Å². The molecule has 0 radical (unpaired) electrons. The molecular weight excluding hydrogens is 469 g/mol. The van der Waals surface area contributed by atoms with Crippen molar-refractivity contribution in [1.29, 1.82) is 0 Å². The average Bonchev–Trinajstić information content (AvgIpc) is 2.74. The van der Waals surface area contributed by atoms with Gasteiger partial charge in [0.2, 0.25) is 0 Å². The minimum atomic E-state index is -4.84. The zero-order chi connectivity index (χ0) is 23.5. The third-order valence-corrected chi connectivity index (χ3v) is 5.90. The average molecular weight is 485 g/mol. The first kappa shape index (κ1) is 23.4. The van der Waals surface area contributed by atoms with Gasteiger partial charge in [-0.2, -0.15) is 13.2 Å². The van der Waals surface area contributed by atoms with Crippen LogP contribution in [0.4, 0.5) is 24.5 Å². The van der Waals surface area contributed by atoms with Crippen LogP contribution in [0.5, 0.6) is 5.75 Å². The molecule has 0 unspecified atom stereocenters. The predicted octanol–water partition coefficient (Wildman–Crippen LogP) is 5.42. The summed E-state index contributed by atoms with van der Waals surface area (Å²) >= 11 is 5.63. The van der Waals surface area contributed by atoms with E-state index in [4.69, 9.17) is 16.3 Å². The van der Waals surface area contributed by atoms with Crippen LogP contribution in [0.2, 0.25) is 5.02 Å². The van der Waals surface area contributed by atoms with Gasteiger partial charge >= 0.3 is 6.18 Å². The van der Waals surface area contributed by atoms with E-state index in [0.29, 0.717) is 11.6 Å². The fourth-order valence-corrected chi connectivity index (χ4v) is 4.06. The quantitative estimate of drug-likeness (QED) is 0.489. The summed E-state index contributed by atoms with van der Waals surface area (Å²) < 4.78 is 72.6. The van der Waals surface area contributed by atoms with E-state index >= 15 is 0 Å². The number of alkyl halides is 3. The smallest absolute Gasteiger partial charge is 0.418 e. The van der Waals surface area contributed by atoms with Gasteiger partial charge < -0.3 is 10.1 Å². The second-order valence-electron chi connectivity index (χ2n) is 6.48. The van der Waals surface area contributed by atoms with E-state index in [1.807, 2.05) is 4.72 Å². The molecule has 0 fully saturated rings. The first-order valence-corrected chi connectivity index (χ1v) is 10.8. The van der Waals surface area contributed by atoms with Crippen molar-refractivity contribution in [2.24, 2.45) is 0 Å². The molecule has 11 heteroatoms. The molecule has 0 aliphatic rings. The second-order valence-corrected chi connectivity index (χ2v) is 8.59. The zero-order valence-corrected chi connectivity index (χ0v) is 18.0. The topological polar surface area (TPSA) is 84.5 Å². The summed E-state index contributed by atoms with van der Waals surface area (Å²) in [6.07, 6.45) is -4.84. The van der Waals surface area contributed by atoms with Gasteiger partial charge in [0.05, 0.1) is 28.9 Å². The molecule has 0 aliphatic heterocycles. The highest BCUT2D eigenvalue weighted by Crippen LogP contribution is 2.37. The van der Waals surface area contributed by atoms with Crippen LogP contribution in [0.15, 0.2) is 71.6 Å². The van der Waals surface area contributed by atoms with Crippen molar-refractivity contribution in [3.8, 4) is 5.75 Å². The highest BCUT2D eigenvalue weighted by Gasteiger charge is 2.35. The lowest BCUT2D eigenvalue weighted by Gasteiger charge is -2.16. The molecule has 3 rings (SSSR count). The minimum Gasteiger partial charge on any atom is -0.495 e. The first-order valence-electron chi connectivity index (χ1n) is 8.95. The molecule has 0 bridgehead atoms. The van der Waals surface area contributed by atoms with Crippen LogP contribution in [0, 0.1) is 0 Å². The van der Waals surface area contributed by atoms with Gasteiger partial charge in [-0.05, 0) is 48.5 Å². The van der Waals surface area contributed by atoms with E-state index in [9.17, 15) is 26.4 Å². The molecular formula is C21H16ClF3N2O4S. The van der Waals surface area contributed by atoms with E-state index in [0.717, 1.165) is 24.3 Å². The van der Waals surface area contributed by atoms with Gasteiger partial charge in [-0.25, -0.2) is 8.42 Å². The summed E-state index contributed by atoms with van der Waals surface area (Å²) in [6, 6.07) is 14.3. The van der Waals surface area contributed by atoms with Gasteiger partial charge in [0.15, 0.2) is 0 Å². The van der Waals surface area contributed by atoms with Crippen molar-refractivity contribution < 1.29 is 31.1 Å². The zero-order valence-electron chi connectivity index (χ0n) is 16.4. The summed E-state index contributed by atoms with van der Waals surface area (Å²) in [5.41, 5.74) is -1.58. The lowest BCUT2D eigenvalue weighted by atomic mass is 10.2. The number of anilines is 2. The standard InChI is InChI=1S/C21H16ClF3N2O4S/c1-31-19-10-8-15(12-18(19)26-20(28)13-5-3-2-4-6-13)32(29,30)27-17-9-7-14(22)11-16(17)21(23,24)25/h2-12,27H,1H3,(H,26,28). The molecule has 0 atom stereocenters. The molecule has 6 nitrogen and oxygen atoms in total. The van der Waals surface area contributed by atoms with Crippen LogP contribution < -0.4 is 14.8 Å². The number of amides is 1. The van der Waals surface area contributed by atoms with E-state index < -0.39 is 33.4 Å². The molecule has 0 spiro atoms. The summed E-state index contributed by atoms with van der Waals surface area (Å²) in [5, 5.41) is 2.35. The van der Waals surface area contributed by atoms with Crippen LogP contribution in [-0.2, 0) is 16.2 Å². The predicted molar refractivity (Wildman–Crippen MR) is 115 cm³/mol. The van der Waals surface area contributed by atoms with Gasteiger partial charge in [0.25, 0.3) is 15.9 Å². The van der Waals surface area contributed by atoms with Gasteiger partial charge in [0, 0.05) is 10.6 Å². The van der Waals surface area contributed by atoms with Crippen molar-refractivity contribution in [2.75, 3.05) is 17.1 Å². The molecule has 2 N–H and O–H groups in total. The van der Waals surface area contributed by atoms with E-state index in [-0.39, 0.29) is 21.4 Å². The van der Waals surface area contributed by atoms with Crippen molar-refractivity contribution in [2.45, 2.75) is 11.1 Å². The number of hydrogen-bond acceptors (Lipinski definition) is 4. The Morgan fingerprint density at radius 3 is 2.28 bits per heavy atom. The third kappa shape index (κ3) is 5.32. The number of ether oxygens (including phenoxy) is 1. The number of carbonyl (C=O) groups excluding carboxylic acids is 1. The fraction of sp³-hybridized carbons (Fsp3) is 0.0952. The van der Waals surface area contributed by atoms with E-state index in [1.54, 1.807) is 30.3 Å². The van der Waals surface area contributed by atoms with Gasteiger partial charge in [0.1, 0.15) is 5.75 Å². The molecule has 3 aromatic carbocycles. The van der Waals surface area contributed by atoms with Crippen molar-refractivity contribution >= 4 is 38.9 Å². The maximum atomic E-state index is 13.3. The SMILES string of the molecule is COc1ccc(S(=O)(=O)Nc2ccc(Cl)cc2C(F)(F)F)cc1NC(=O)c1ccccc1. The Labute approximate surface area is 187 Å². The Morgan fingerprint density at radius 1 is 0.969 bits per heavy atom. The molecule has 168 valence electrons. The number of carbonyl (C=O) groups is 1. The highest BCUT2D eigenvalue weighted by atomic mass is 35.5. The molecule has 1 amide bonds. The van der Waals surface area contributed by atoms with Crippen LogP contribution in [-0.4, -0.2) is 21.4 Å². The maximum absolute atomic E-state index is 13.3. The summed E-state index contributed by atoms with van der Waals surface area (Å²) in [4.78, 5) is 12.1. The highest BCUT2D eigenvalue weighted by molar-refractivity contribution is 7.92. The number of nitrogens with one attached hydrogen (secondary N) is 2. The molecule has 0 aliphatic carbocycles. The largest absolute Gasteiger partial charge is 0.495 e. The van der Waals surface area contributed by atoms with Crippen LogP contribution in [0.1, 0.15) is 15.9 Å². The third-order valence-electron chi connectivity index (χ3n) is 4.30. The Bertz CT molecular complexity index is 1250. The van der Waals surface area contributed by atoms with Crippen LogP contribution >= 0.6 is 11.6 Å². The molecule has 0 aromatic heterocycles. The van der Waals surface area contributed by atoms with Crippen molar-refractivity contribution in [1.82, 2.24) is 0 Å². The number of halogens is 4. The van der Waals surface area contributed by atoms with E-state index in [2.05, 4.69) is 5.32 Å². The summed E-state index contributed by atoms with van der Waals surface area (Å²) in [5.74, 6) is -0.362. The molecule has 32 heavy (non-hydrogen) atoms. The molecule has 3 aromatic rings. The molecule has 0 saturated carbocycles. The Kier molecular flexibility index (Phi) is 6.65. The number of rotatable bonds is 6. The van der Waals surface area contributed by atoms with Gasteiger partial charge in [-0.15, -0.1) is 0 Å². The molecule has 0 heterocycles. The first-order chi connectivity index (χ1) is 15.0. The Hall–Kier alpha value is -3.24.